The molecule has 0 aliphatic heterocycles. The Labute approximate surface area is 127 Å². The number of nitrogens with zero attached hydrogens (tertiary/aromatic N) is 2. The largest absolute Gasteiger partial charge is 0.497 e. The maximum atomic E-state index is 12.1. The molecule has 0 saturated carbocycles. The van der Waals surface area contributed by atoms with Crippen LogP contribution in [0.2, 0.25) is 0 Å². The summed E-state index contributed by atoms with van der Waals surface area (Å²) in [6, 6.07) is 7.47. The quantitative estimate of drug-likeness (QED) is 0.673. The molecule has 0 aliphatic carbocycles. The van der Waals surface area contributed by atoms with Crippen LogP contribution < -0.4 is 9.47 Å². The number of ether oxygens (including phenoxy) is 2. The van der Waals surface area contributed by atoms with Crippen molar-refractivity contribution in [3.8, 4) is 11.5 Å². The van der Waals surface area contributed by atoms with Gasteiger partial charge in [0.2, 0.25) is 0 Å². The zero-order valence-corrected chi connectivity index (χ0v) is 12.4. The fourth-order valence-corrected chi connectivity index (χ4v) is 1.85. The zero-order chi connectivity index (χ0) is 16.3. The summed E-state index contributed by atoms with van der Waals surface area (Å²) in [7, 11) is 1.53. The molecule has 7 heteroatoms. The molecule has 0 aliphatic rings. The molecule has 2 aromatic rings. The number of hydrogen-bond donors (Lipinski definition) is 1. The number of rotatable bonds is 5. The summed E-state index contributed by atoms with van der Waals surface area (Å²) < 4.78 is 11.4. The van der Waals surface area contributed by atoms with Gasteiger partial charge in [-0.25, -0.2) is 9.59 Å². The lowest BCUT2D eigenvalue weighted by atomic mass is 10.3. The van der Waals surface area contributed by atoms with E-state index >= 15 is 0 Å². The first-order valence-corrected chi connectivity index (χ1v) is 6.61. The minimum absolute atomic E-state index is 0.0538. The number of benzene rings is 1. The second-order valence-electron chi connectivity index (χ2n) is 4.82. The van der Waals surface area contributed by atoms with E-state index in [4.69, 9.17) is 14.6 Å². The molecule has 0 unspecified atom stereocenters. The van der Waals surface area contributed by atoms with Crippen molar-refractivity contribution in [2.45, 2.75) is 19.9 Å². The van der Waals surface area contributed by atoms with Crippen LogP contribution in [-0.2, 0) is 0 Å². The molecule has 22 heavy (non-hydrogen) atoms. The Morgan fingerprint density at radius 1 is 1.18 bits per heavy atom. The number of carboxylic acids is 1. The molecule has 0 spiro atoms. The van der Waals surface area contributed by atoms with Crippen LogP contribution in [0.4, 0.5) is 0 Å². The van der Waals surface area contributed by atoms with Crippen molar-refractivity contribution < 1.29 is 24.2 Å². The highest BCUT2D eigenvalue weighted by Crippen LogP contribution is 2.19. The van der Waals surface area contributed by atoms with E-state index in [-0.39, 0.29) is 17.4 Å². The number of aromatic nitrogens is 2. The highest BCUT2D eigenvalue weighted by atomic mass is 16.5. The van der Waals surface area contributed by atoms with Gasteiger partial charge in [0.05, 0.1) is 7.11 Å². The van der Waals surface area contributed by atoms with Crippen LogP contribution in [0.15, 0.2) is 30.3 Å². The molecule has 0 bridgehead atoms. The van der Waals surface area contributed by atoms with Crippen LogP contribution in [0, 0.1) is 0 Å². The molecule has 0 amide bonds. The molecule has 2 rings (SSSR count). The van der Waals surface area contributed by atoms with Crippen LogP contribution in [0.5, 0.6) is 11.5 Å². The molecule has 0 saturated heterocycles. The van der Waals surface area contributed by atoms with Crippen molar-refractivity contribution in [1.29, 1.82) is 0 Å². The first-order valence-electron chi connectivity index (χ1n) is 6.61. The number of aromatic carboxylic acids is 1. The first kappa shape index (κ1) is 15.6. The Bertz CT molecular complexity index is 688. The van der Waals surface area contributed by atoms with Gasteiger partial charge >= 0.3 is 11.9 Å². The average Bonchev–Trinajstić information content (AvgIpc) is 2.94. The summed E-state index contributed by atoms with van der Waals surface area (Å²) in [5.74, 6) is -0.907. The van der Waals surface area contributed by atoms with Gasteiger partial charge in [0, 0.05) is 12.1 Å². The molecular weight excluding hydrogens is 288 g/mol. The van der Waals surface area contributed by atoms with Gasteiger partial charge in [-0.05, 0) is 38.1 Å². The second kappa shape index (κ2) is 6.30. The highest BCUT2D eigenvalue weighted by Gasteiger charge is 2.21. The normalized spacial score (nSPS) is 10.5. The molecule has 1 N–H and O–H groups in total. The van der Waals surface area contributed by atoms with E-state index in [0.717, 1.165) is 0 Å². The molecule has 116 valence electrons. The summed E-state index contributed by atoms with van der Waals surface area (Å²) >= 11 is 0. The van der Waals surface area contributed by atoms with Gasteiger partial charge in [0.15, 0.2) is 5.69 Å². The van der Waals surface area contributed by atoms with Gasteiger partial charge in [0.1, 0.15) is 17.2 Å². The lowest BCUT2D eigenvalue weighted by Gasteiger charge is -2.07. The van der Waals surface area contributed by atoms with Crippen LogP contribution >= 0.6 is 0 Å². The predicted octanol–water partition coefficient (Wildman–Crippen LogP) is 2.39. The van der Waals surface area contributed by atoms with Crippen LogP contribution in [0.3, 0.4) is 0 Å². The summed E-state index contributed by atoms with van der Waals surface area (Å²) in [5.41, 5.74) is -0.112. The van der Waals surface area contributed by atoms with Gasteiger partial charge in [-0.3, -0.25) is 4.68 Å². The Balaban J connectivity index is 2.21. The number of carbonyl (C=O) groups excluding carboxylic acids is 1. The van der Waals surface area contributed by atoms with Crippen molar-refractivity contribution in [1.82, 2.24) is 9.78 Å². The van der Waals surface area contributed by atoms with E-state index in [0.29, 0.717) is 11.5 Å². The highest BCUT2D eigenvalue weighted by molar-refractivity contribution is 5.93. The molecule has 1 heterocycles. The minimum atomic E-state index is -1.15. The third kappa shape index (κ3) is 3.25. The fourth-order valence-electron chi connectivity index (χ4n) is 1.85. The third-order valence-electron chi connectivity index (χ3n) is 2.92. The molecule has 7 nitrogen and oxygen atoms in total. The van der Waals surface area contributed by atoms with Crippen LogP contribution in [-0.4, -0.2) is 33.9 Å². The summed E-state index contributed by atoms with van der Waals surface area (Å²) in [4.78, 5) is 23.2. The number of carboxylic acid groups (broad SMARTS) is 1. The summed E-state index contributed by atoms with van der Waals surface area (Å²) in [5, 5.41) is 13.1. The SMILES string of the molecule is COc1ccc(OC(=O)c2cc(C(=O)O)n(C(C)C)n2)cc1. The van der Waals surface area contributed by atoms with Crippen molar-refractivity contribution in [3.05, 3.63) is 41.7 Å². The maximum Gasteiger partial charge on any atom is 0.364 e. The van der Waals surface area contributed by atoms with E-state index in [9.17, 15) is 9.59 Å². The lowest BCUT2D eigenvalue weighted by molar-refractivity contribution is 0.0679. The molecule has 0 radical (unpaired) electrons. The Hall–Kier alpha value is -2.83. The van der Waals surface area contributed by atoms with Crippen LogP contribution in [0.1, 0.15) is 40.9 Å². The maximum absolute atomic E-state index is 12.1. The topological polar surface area (TPSA) is 90.6 Å². The lowest BCUT2D eigenvalue weighted by Crippen LogP contribution is -2.13. The van der Waals surface area contributed by atoms with E-state index in [2.05, 4.69) is 5.10 Å². The van der Waals surface area contributed by atoms with Crippen molar-refractivity contribution >= 4 is 11.9 Å². The number of methoxy groups -OCH3 is 1. The average molecular weight is 304 g/mol. The second-order valence-corrected chi connectivity index (χ2v) is 4.82. The Kier molecular flexibility index (Phi) is 4.45. The Morgan fingerprint density at radius 3 is 2.23 bits per heavy atom. The van der Waals surface area contributed by atoms with Crippen molar-refractivity contribution in [2.75, 3.05) is 7.11 Å². The number of carbonyl (C=O) groups is 2. The predicted molar refractivity (Wildman–Crippen MR) is 77.5 cm³/mol. The van der Waals surface area contributed by atoms with Gasteiger partial charge in [0.25, 0.3) is 0 Å². The molecule has 0 fully saturated rings. The standard InChI is InChI=1S/C15H16N2O5/c1-9(2)17-13(14(18)19)8-12(16-17)15(20)22-11-6-4-10(21-3)5-7-11/h4-9H,1-3H3,(H,18,19). The number of hydrogen-bond acceptors (Lipinski definition) is 5. The van der Waals surface area contributed by atoms with Gasteiger partial charge in [-0.2, -0.15) is 5.10 Å². The molecule has 1 aromatic heterocycles. The Morgan fingerprint density at radius 2 is 1.77 bits per heavy atom. The zero-order valence-electron chi connectivity index (χ0n) is 12.4. The van der Waals surface area contributed by atoms with Gasteiger partial charge in [-0.15, -0.1) is 0 Å². The fraction of sp³-hybridized carbons (Fsp3) is 0.267. The van der Waals surface area contributed by atoms with Crippen molar-refractivity contribution in [2.24, 2.45) is 0 Å². The monoisotopic (exact) mass is 304 g/mol. The van der Waals surface area contributed by atoms with Gasteiger partial charge in [-0.1, -0.05) is 0 Å². The molecule has 1 aromatic carbocycles. The summed E-state index contributed by atoms with van der Waals surface area (Å²) in [6.45, 7) is 3.55. The minimum Gasteiger partial charge on any atom is -0.497 e. The molecular formula is C15H16N2O5. The molecule has 0 atom stereocenters. The number of esters is 1. The van der Waals surface area contributed by atoms with E-state index in [1.807, 2.05) is 0 Å². The summed E-state index contributed by atoms with van der Waals surface area (Å²) in [6.07, 6.45) is 0. The smallest absolute Gasteiger partial charge is 0.364 e. The van der Waals surface area contributed by atoms with Crippen LogP contribution in [0.25, 0.3) is 0 Å². The van der Waals surface area contributed by atoms with E-state index in [1.165, 1.54) is 17.9 Å². The van der Waals surface area contributed by atoms with Crippen molar-refractivity contribution in [3.63, 3.8) is 0 Å². The third-order valence-corrected chi connectivity index (χ3v) is 2.92. The van der Waals surface area contributed by atoms with E-state index in [1.54, 1.807) is 38.1 Å². The van der Waals surface area contributed by atoms with Gasteiger partial charge < -0.3 is 14.6 Å². The first-order chi connectivity index (χ1) is 10.4. The van der Waals surface area contributed by atoms with E-state index < -0.39 is 11.9 Å².